The molecule has 2 rings (SSSR count). The molecule has 2 unspecified atom stereocenters. The van der Waals surface area contributed by atoms with Crippen molar-refractivity contribution in [2.75, 3.05) is 19.7 Å². The average Bonchev–Trinajstić information content (AvgIpc) is 2.84. The summed E-state index contributed by atoms with van der Waals surface area (Å²) in [4.78, 5) is 2.23. The summed E-state index contributed by atoms with van der Waals surface area (Å²) in [5, 5.41) is 10.2. The lowest BCUT2D eigenvalue weighted by Gasteiger charge is -2.28. The first-order valence-electron chi connectivity index (χ1n) is 7.67. The van der Waals surface area contributed by atoms with Gasteiger partial charge in [0.1, 0.15) is 5.82 Å². The lowest BCUT2D eigenvalue weighted by atomic mass is 10.0. The van der Waals surface area contributed by atoms with Gasteiger partial charge >= 0.3 is 0 Å². The third-order valence-electron chi connectivity index (χ3n) is 3.75. The van der Waals surface area contributed by atoms with Crippen LogP contribution in [0.2, 0.25) is 0 Å². The molecule has 0 spiro atoms. The molecule has 2 atom stereocenters. The van der Waals surface area contributed by atoms with Crippen molar-refractivity contribution < 1.29 is 14.2 Å². The van der Waals surface area contributed by atoms with E-state index in [1.165, 1.54) is 6.07 Å². The Kier molecular flexibility index (Phi) is 5.36. The van der Waals surface area contributed by atoms with Gasteiger partial charge in [-0.3, -0.25) is 4.90 Å². The zero-order valence-electron chi connectivity index (χ0n) is 13.2. The second-order valence-corrected chi connectivity index (χ2v) is 6.79. The fourth-order valence-corrected chi connectivity index (χ4v) is 2.81. The molecule has 4 heteroatoms. The van der Waals surface area contributed by atoms with E-state index in [9.17, 15) is 9.50 Å². The van der Waals surface area contributed by atoms with Crippen molar-refractivity contribution in [2.45, 2.75) is 51.4 Å². The van der Waals surface area contributed by atoms with Crippen LogP contribution < -0.4 is 0 Å². The molecule has 0 aliphatic carbocycles. The highest BCUT2D eigenvalue weighted by atomic mass is 19.1. The van der Waals surface area contributed by atoms with Gasteiger partial charge in [0, 0.05) is 12.6 Å². The van der Waals surface area contributed by atoms with Crippen molar-refractivity contribution in [3.8, 4) is 0 Å². The van der Waals surface area contributed by atoms with Crippen LogP contribution in [-0.4, -0.2) is 41.4 Å². The van der Waals surface area contributed by atoms with E-state index in [1.807, 2.05) is 26.8 Å². The van der Waals surface area contributed by atoms with E-state index < -0.39 is 6.10 Å². The summed E-state index contributed by atoms with van der Waals surface area (Å²) in [7, 11) is 0. The molecule has 1 N–H and O–H groups in total. The van der Waals surface area contributed by atoms with E-state index in [-0.39, 0.29) is 17.5 Å². The van der Waals surface area contributed by atoms with Crippen LogP contribution in [0.4, 0.5) is 4.39 Å². The number of halogens is 1. The molecule has 1 heterocycles. The molecule has 1 aliphatic rings. The van der Waals surface area contributed by atoms with E-state index in [2.05, 4.69) is 4.90 Å². The van der Waals surface area contributed by atoms with Gasteiger partial charge in [0.05, 0.1) is 18.3 Å². The van der Waals surface area contributed by atoms with E-state index in [4.69, 9.17) is 4.74 Å². The molecular weight excluding hydrogens is 269 g/mol. The predicted octanol–water partition coefficient (Wildman–Crippen LogP) is 3.14. The van der Waals surface area contributed by atoms with Crippen molar-refractivity contribution in [1.82, 2.24) is 4.90 Å². The molecule has 3 nitrogen and oxygen atoms in total. The van der Waals surface area contributed by atoms with Crippen molar-refractivity contribution in [3.63, 3.8) is 0 Å². The van der Waals surface area contributed by atoms with E-state index in [1.54, 1.807) is 12.1 Å². The van der Waals surface area contributed by atoms with Gasteiger partial charge in [0.2, 0.25) is 0 Å². The topological polar surface area (TPSA) is 32.7 Å². The van der Waals surface area contributed by atoms with E-state index in [0.29, 0.717) is 13.2 Å². The number of β-amino-alcohol motifs (C(OH)–C–C–N with tert-alkyl or cyclic N) is 1. The highest BCUT2D eigenvalue weighted by Gasteiger charge is 2.28. The summed E-state index contributed by atoms with van der Waals surface area (Å²) in [6.45, 7) is 7.77. The Morgan fingerprint density at radius 3 is 2.86 bits per heavy atom. The van der Waals surface area contributed by atoms with Gasteiger partial charge in [-0.25, -0.2) is 4.39 Å². The molecule has 118 valence electrons. The molecule has 1 aromatic rings. The van der Waals surface area contributed by atoms with Gasteiger partial charge in [-0.2, -0.15) is 0 Å². The van der Waals surface area contributed by atoms with Crippen molar-refractivity contribution in [1.29, 1.82) is 0 Å². The summed E-state index contributed by atoms with van der Waals surface area (Å²) in [5.74, 6) is -0.198. The van der Waals surface area contributed by atoms with Gasteiger partial charge < -0.3 is 9.84 Å². The first-order valence-corrected chi connectivity index (χ1v) is 7.67. The number of ether oxygens (including phenoxy) is 1. The fraction of sp³-hybridized carbons (Fsp3) is 0.647. The molecule has 1 aliphatic heterocycles. The first kappa shape index (κ1) is 16.4. The summed E-state index contributed by atoms with van der Waals surface area (Å²) in [5.41, 5.74) is 0.755. The summed E-state index contributed by atoms with van der Waals surface area (Å²) in [6, 6.07) is 6.98. The Morgan fingerprint density at radius 1 is 1.43 bits per heavy atom. The highest BCUT2D eigenvalue weighted by molar-refractivity contribution is 5.21. The van der Waals surface area contributed by atoms with E-state index in [0.717, 1.165) is 24.9 Å². The molecule has 0 bridgehead atoms. The predicted molar refractivity (Wildman–Crippen MR) is 81.7 cm³/mol. The van der Waals surface area contributed by atoms with Crippen molar-refractivity contribution >= 4 is 0 Å². The zero-order chi connectivity index (χ0) is 15.5. The Labute approximate surface area is 126 Å². The minimum Gasteiger partial charge on any atom is -0.389 e. The Hall–Kier alpha value is -0.970. The fourth-order valence-electron chi connectivity index (χ4n) is 2.81. The van der Waals surface area contributed by atoms with Crippen molar-refractivity contribution in [3.05, 3.63) is 35.6 Å². The van der Waals surface area contributed by atoms with Crippen LogP contribution in [0, 0.1) is 5.82 Å². The monoisotopic (exact) mass is 295 g/mol. The number of hydrogen-bond donors (Lipinski definition) is 1. The maximum Gasteiger partial charge on any atom is 0.123 e. The molecule has 21 heavy (non-hydrogen) atoms. The number of rotatable bonds is 5. The first-order chi connectivity index (χ1) is 9.85. The maximum atomic E-state index is 13.4. The normalized spacial score (nSPS) is 21.7. The summed E-state index contributed by atoms with van der Waals surface area (Å²) >= 11 is 0. The summed E-state index contributed by atoms with van der Waals surface area (Å²) in [6.07, 6.45) is 1.57. The quantitative estimate of drug-likeness (QED) is 0.906. The largest absolute Gasteiger partial charge is 0.389 e. The highest BCUT2D eigenvalue weighted by Crippen LogP contribution is 2.32. The minimum atomic E-state index is -0.515. The Morgan fingerprint density at radius 2 is 2.19 bits per heavy atom. The van der Waals surface area contributed by atoms with Crippen LogP contribution in [0.5, 0.6) is 0 Å². The molecular formula is C17H26FNO2. The Bertz CT molecular complexity index is 458. The lowest BCUT2D eigenvalue weighted by Crippen LogP contribution is -2.36. The van der Waals surface area contributed by atoms with Crippen molar-refractivity contribution in [2.24, 2.45) is 0 Å². The molecule has 1 aromatic carbocycles. The molecule has 0 amide bonds. The molecule has 0 aromatic heterocycles. The smallest absolute Gasteiger partial charge is 0.123 e. The van der Waals surface area contributed by atoms with E-state index >= 15 is 0 Å². The standard InChI is InChI=1S/C17H26FNO2/c1-17(2,3)21-12-15(20)11-19-9-5-8-16(19)13-6-4-7-14(18)10-13/h4,6-7,10,15-16,20H,5,8-9,11-12H2,1-3H3. The molecule has 1 fully saturated rings. The molecule has 1 saturated heterocycles. The van der Waals surface area contributed by atoms with Crippen LogP contribution in [0.1, 0.15) is 45.2 Å². The number of likely N-dealkylation sites (tertiary alicyclic amines) is 1. The lowest BCUT2D eigenvalue weighted by molar-refractivity contribution is -0.0569. The van der Waals surface area contributed by atoms with Crippen LogP contribution in [0.3, 0.4) is 0 Å². The van der Waals surface area contributed by atoms with Crippen LogP contribution in [0.25, 0.3) is 0 Å². The second kappa shape index (κ2) is 6.86. The summed E-state index contributed by atoms with van der Waals surface area (Å²) < 4.78 is 19.0. The maximum absolute atomic E-state index is 13.4. The van der Waals surface area contributed by atoms with Gasteiger partial charge in [0.25, 0.3) is 0 Å². The third-order valence-corrected chi connectivity index (χ3v) is 3.75. The van der Waals surface area contributed by atoms with Crippen LogP contribution in [0.15, 0.2) is 24.3 Å². The van der Waals surface area contributed by atoms with Crippen LogP contribution >= 0.6 is 0 Å². The SMILES string of the molecule is CC(C)(C)OCC(O)CN1CCCC1c1cccc(F)c1. The zero-order valence-corrected chi connectivity index (χ0v) is 13.2. The minimum absolute atomic E-state index is 0.198. The number of hydrogen-bond acceptors (Lipinski definition) is 3. The number of aliphatic hydroxyl groups excluding tert-OH is 1. The Balaban J connectivity index is 1.93. The van der Waals surface area contributed by atoms with Gasteiger partial charge in [0.15, 0.2) is 0 Å². The number of aliphatic hydroxyl groups is 1. The van der Waals surface area contributed by atoms with Gasteiger partial charge in [-0.15, -0.1) is 0 Å². The number of benzene rings is 1. The van der Waals surface area contributed by atoms with Gasteiger partial charge in [-0.1, -0.05) is 12.1 Å². The van der Waals surface area contributed by atoms with Gasteiger partial charge in [-0.05, 0) is 57.9 Å². The third kappa shape index (κ3) is 5.06. The molecule has 0 saturated carbocycles. The molecule has 0 radical (unpaired) electrons. The average molecular weight is 295 g/mol. The van der Waals surface area contributed by atoms with Crippen LogP contribution in [-0.2, 0) is 4.74 Å². The second-order valence-electron chi connectivity index (χ2n) is 6.79. The number of nitrogens with zero attached hydrogens (tertiary/aromatic N) is 1.